The molecule has 0 radical (unpaired) electrons. The predicted octanol–water partition coefficient (Wildman–Crippen LogP) is 3.00. The van der Waals surface area contributed by atoms with Crippen molar-refractivity contribution in [2.75, 3.05) is 0 Å². The number of hydrogen-bond acceptors (Lipinski definition) is 2. The lowest BCUT2D eigenvalue weighted by Crippen LogP contribution is -2.27. The maximum Gasteiger partial charge on any atom is 0.0540 e. The number of aliphatic hydroxyl groups excluding tert-OH is 1. The maximum atomic E-state index is 9.48. The quantitative estimate of drug-likeness (QED) is 0.877. The van der Waals surface area contributed by atoms with Crippen LogP contribution in [0.25, 0.3) is 0 Å². The third-order valence-corrected chi connectivity index (χ3v) is 3.98. The van der Waals surface area contributed by atoms with Gasteiger partial charge in [-0.1, -0.05) is 28.1 Å². The second-order valence-electron chi connectivity index (χ2n) is 4.65. The number of rotatable bonds is 2. The summed E-state index contributed by atoms with van der Waals surface area (Å²) in [7, 11) is 0. The standard InChI is InChI=1S/C13H18BrNO/c14-11-3-1-2-10(8-11)13(15)9-4-6-12(16)7-5-9/h1-3,8-9,12-13,16H,4-7,15H2. The van der Waals surface area contributed by atoms with Crippen LogP contribution in [-0.2, 0) is 0 Å². The zero-order valence-electron chi connectivity index (χ0n) is 9.27. The van der Waals surface area contributed by atoms with Gasteiger partial charge in [-0.05, 0) is 49.3 Å². The third-order valence-electron chi connectivity index (χ3n) is 3.48. The molecule has 1 fully saturated rings. The molecule has 1 aromatic rings. The number of hydrogen-bond donors (Lipinski definition) is 2. The van der Waals surface area contributed by atoms with Gasteiger partial charge < -0.3 is 10.8 Å². The van der Waals surface area contributed by atoms with Gasteiger partial charge in [-0.2, -0.15) is 0 Å². The summed E-state index contributed by atoms with van der Waals surface area (Å²) in [5.74, 6) is 0.512. The van der Waals surface area contributed by atoms with Gasteiger partial charge in [0.15, 0.2) is 0 Å². The van der Waals surface area contributed by atoms with E-state index in [2.05, 4.69) is 28.1 Å². The molecule has 0 aliphatic heterocycles. The highest BCUT2D eigenvalue weighted by molar-refractivity contribution is 9.10. The summed E-state index contributed by atoms with van der Waals surface area (Å²) in [6.07, 6.45) is 3.76. The first-order valence-corrected chi connectivity index (χ1v) is 6.65. The Labute approximate surface area is 105 Å². The summed E-state index contributed by atoms with van der Waals surface area (Å²) in [6, 6.07) is 8.32. The van der Waals surface area contributed by atoms with Crippen molar-refractivity contribution in [1.29, 1.82) is 0 Å². The van der Waals surface area contributed by atoms with E-state index in [1.807, 2.05) is 12.1 Å². The van der Waals surface area contributed by atoms with Crippen molar-refractivity contribution < 1.29 is 5.11 Å². The second kappa shape index (κ2) is 5.30. The Hall–Kier alpha value is -0.380. The SMILES string of the molecule is NC(c1cccc(Br)c1)C1CCC(O)CC1. The summed E-state index contributed by atoms with van der Waals surface area (Å²) >= 11 is 3.47. The third kappa shape index (κ3) is 2.84. The average molecular weight is 284 g/mol. The Balaban J connectivity index is 2.04. The summed E-state index contributed by atoms with van der Waals surface area (Å²) < 4.78 is 1.08. The summed E-state index contributed by atoms with van der Waals surface area (Å²) in [5, 5.41) is 9.48. The molecule has 1 aliphatic carbocycles. The van der Waals surface area contributed by atoms with Crippen LogP contribution >= 0.6 is 15.9 Å². The van der Waals surface area contributed by atoms with Crippen molar-refractivity contribution >= 4 is 15.9 Å². The van der Waals surface area contributed by atoms with Gasteiger partial charge in [-0.3, -0.25) is 0 Å². The molecule has 1 aliphatic rings. The molecule has 0 saturated heterocycles. The number of aliphatic hydroxyl groups is 1. The van der Waals surface area contributed by atoms with Crippen LogP contribution < -0.4 is 5.73 Å². The topological polar surface area (TPSA) is 46.2 Å². The lowest BCUT2D eigenvalue weighted by Gasteiger charge is -2.30. The van der Waals surface area contributed by atoms with Gasteiger partial charge in [0.2, 0.25) is 0 Å². The van der Waals surface area contributed by atoms with E-state index >= 15 is 0 Å². The Morgan fingerprint density at radius 3 is 2.56 bits per heavy atom. The van der Waals surface area contributed by atoms with E-state index in [0.717, 1.165) is 30.2 Å². The fraction of sp³-hybridized carbons (Fsp3) is 0.538. The first-order chi connectivity index (χ1) is 7.66. The number of nitrogens with two attached hydrogens (primary N) is 1. The molecule has 1 aromatic carbocycles. The molecule has 0 heterocycles. The van der Waals surface area contributed by atoms with Crippen molar-refractivity contribution in [3.8, 4) is 0 Å². The molecular formula is C13H18BrNO. The molecule has 1 saturated carbocycles. The van der Waals surface area contributed by atoms with Gasteiger partial charge >= 0.3 is 0 Å². The monoisotopic (exact) mass is 283 g/mol. The Morgan fingerprint density at radius 2 is 1.94 bits per heavy atom. The van der Waals surface area contributed by atoms with Gasteiger partial charge in [-0.15, -0.1) is 0 Å². The van der Waals surface area contributed by atoms with Crippen LogP contribution in [0.15, 0.2) is 28.7 Å². The van der Waals surface area contributed by atoms with Crippen molar-refractivity contribution in [1.82, 2.24) is 0 Å². The number of benzene rings is 1. The molecule has 2 rings (SSSR count). The van der Waals surface area contributed by atoms with Gasteiger partial charge in [-0.25, -0.2) is 0 Å². The molecule has 1 unspecified atom stereocenters. The van der Waals surface area contributed by atoms with Crippen LogP contribution in [0.2, 0.25) is 0 Å². The van der Waals surface area contributed by atoms with Crippen LogP contribution in [0.1, 0.15) is 37.3 Å². The lowest BCUT2D eigenvalue weighted by molar-refractivity contribution is 0.102. The summed E-state index contributed by atoms with van der Waals surface area (Å²) in [5.41, 5.74) is 7.47. The second-order valence-corrected chi connectivity index (χ2v) is 5.57. The molecule has 3 heteroatoms. The fourth-order valence-corrected chi connectivity index (χ4v) is 2.86. The highest BCUT2D eigenvalue weighted by Gasteiger charge is 2.25. The van der Waals surface area contributed by atoms with Crippen molar-refractivity contribution in [3.63, 3.8) is 0 Å². The zero-order chi connectivity index (χ0) is 11.5. The van der Waals surface area contributed by atoms with E-state index in [4.69, 9.17) is 5.73 Å². The first kappa shape index (κ1) is 12.1. The van der Waals surface area contributed by atoms with E-state index in [1.165, 1.54) is 5.56 Å². The molecule has 1 atom stereocenters. The minimum absolute atomic E-state index is 0.102. The highest BCUT2D eigenvalue weighted by atomic mass is 79.9. The molecule has 3 N–H and O–H groups in total. The fourth-order valence-electron chi connectivity index (χ4n) is 2.45. The highest BCUT2D eigenvalue weighted by Crippen LogP contribution is 2.33. The average Bonchev–Trinajstić information content (AvgIpc) is 2.29. The molecule has 0 spiro atoms. The summed E-state index contributed by atoms with van der Waals surface area (Å²) in [4.78, 5) is 0. The Morgan fingerprint density at radius 1 is 1.25 bits per heavy atom. The van der Waals surface area contributed by atoms with Crippen LogP contribution in [0.3, 0.4) is 0 Å². The molecule has 0 amide bonds. The van der Waals surface area contributed by atoms with E-state index in [9.17, 15) is 5.11 Å². The van der Waals surface area contributed by atoms with Crippen molar-refractivity contribution in [2.45, 2.75) is 37.8 Å². The van der Waals surface area contributed by atoms with Crippen molar-refractivity contribution in [2.24, 2.45) is 11.7 Å². The van der Waals surface area contributed by atoms with Gasteiger partial charge in [0.25, 0.3) is 0 Å². The van der Waals surface area contributed by atoms with Crippen LogP contribution in [0.4, 0.5) is 0 Å². The van der Waals surface area contributed by atoms with Crippen LogP contribution in [-0.4, -0.2) is 11.2 Å². The normalized spacial score (nSPS) is 27.7. The first-order valence-electron chi connectivity index (χ1n) is 5.86. The van der Waals surface area contributed by atoms with E-state index < -0.39 is 0 Å². The van der Waals surface area contributed by atoms with Gasteiger partial charge in [0.05, 0.1) is 6.10 Å². The molecule has 16 heavy (non-hydrogen) atoms. The lowest BCUT2D eigenvalue weighted by atomic mass is 9.80. The minimum Gasteiger partial charge on any atom is -0.393 e. The largest absolute Gasteiger partial charge is 0.393 e. The predicted molar refractivity (Wildman–Crippen MR) is 69.0 cm³/mol. The molecule has 0 aromatic heterocycles. The number of halogens is 1. The van der Waals surface area contributed by atoms with Crippen molar-refractivity contribution in [3.05, 3.63) is 34.3 Å². The zero-order valence-corrected chi connectivity index (χ0v) is 10.9. The van der Waals surface area contributed by atoms with Crippen LogP contribution in [0, 0.1) is 5.92 Å². The molecule has 2 nitrogen and oxygen atoms in total. The Kier molecular flexibility index (Phi) is 4.00. The van der Waals surface area contributed by atoms with E-state index in [1.54, 1.807) is 0 Å². The van der Waals surface area contributed by atoms with Gasteiger partial charge in [0.1, 0.15) is 0 Å². The molecule has 88 valence electrons. The van der Waals surface area contributed by atoms with Crippen LogP contribution in [0.5, 0.6) is 0 Å². The minimum atomic E-state index is -0.106. The smallest absolute Gasteiger partial charge is 0.0540 e. The molecular weight excluding hydrogens is 266 g/mol. The maximum absolute atomic E-state index is 9.48. The Bertz CT molecular complexity index is 348. The summed E-state index contributed by atoms with van der Waals surface area (Å²) in [6.45, 7) is 0. The van der Waals surface area contributed by atoms with E-state index in [-0.39, 0.29) is 12.1 Å². The van der Waals surface area contributed by atoms with Gasteiger partial charge in [0, 0.05) is 10.5 Å². The van der Waals surface area contributed by atoms with E-state index in [0.29, 0.717) is 5.92 Å². The molecule has 0 bridgehead atoms.